The van der Waals surface area contributed by atoms with Crippen LogP contribution in [0.1, 0.15) is 25.7 Å². The van der Waals surface area contributed by atoms with Crippen molar-refractivity contribution in [2.24, 2.45) is 0 Å². The summed E-state index contributed by atoms with van der Waals surface area (Å²) < 4.78 is 10.2. The first-order chi connectivity index (χ1) is 5.43. The zero-order valence-electron chi connectivity index (χ0n) is 7.34. The quantitative estimate of drug-likeness (QED) is 0.327. The van der Waals surface area contributed by atoms with Crippen LogP contribution in [0.2, 0.25) is 6.04 Å². The Morgan fingerprint density at radius 2 is 2.27 bits per heavy atom. The summed E-state index contributed by atoms with van der Waals surface area (Å²) in [4.78, 5) is 0. The van der Waals surface area contributed by atoms with Gasteiger partial charge in [-0.1, -0.05) is 19.3 Å². The van der Waals surface area contributed by atoms with Crippen molar-refractivity contribution in [3.8, 4) is 0 Å². The van der Waals surface area contributed by atoms with E-state index in [1.54, 1.807) is 0 Å². The average Bonchev–Trinajstić information content (AvgIpc) is 2.80. The van der Waals surface area contributed by atoms with Gasteiger partial charge in [0.15, 0.2) is 9.76 Å². The molecule has 2 nitrogen and oxygen atoms in total. The van der Waals surface area contributed by atoms with Gasteiger partial charge in [-0.15, -0.1) is 0 Å². The highest BCUT2D eigenvalue weighted by atomic mass is 28.2. The Labute approximate surface area is 71.2 Å². The first kappa shape index (κ1) is 9.23. The molecule has 1 rings (SSSR count). The van der Waals surface area contributed by atoms with Crippen molar-refractivity contribution in [3.63, 3.8) is 0 Å². The first-order valence-electron chi connectivity index (χ1n) is 4.54. The van der Waals surface area contributed by atoms with E-state index in [9.17, 15) is 0 Å². The van der Waals surface area contributed by atoms with E-state index in [4.69, 9.17) is 9.16 Å². The Balaban J connectivity index is 1.66. The monoisotopic (exact) mass is 174 g/mol. The van der Waals surface area contributed by atoms with Crippen LogP contribution in [0.15, 0.2) is 0 Å². The zero-order valence-corrected chi connectivity index (χ0v) is 8.76. The molecule has 66 valence electrons. The SMILES string of the molecule is CO[SiH2]CCCCCC1CO1. The van der Waals surface area contributed by atoms with Crippen LogP contribution in [0.5, 0.6) is 0 Å². The van der Waals surface area contributed by atoms with E-state index in [2.05, 4.69) is 0 Å². The van der Waals surface area contributed by atoms with E-state index in [0.29, 0.717) is 6.10 Å². The van der Waals surface area contributed by atoms with Gasteiger partial charge in [0.2, 0.25) is 0 Å². The van der Waals surface area contributed by atoms with E-state index in [0.717, 1.165) is 6.61 Å². The van der Waals surface area contributed by atoms with Gasteiger partial charge in [0.05, 0.1) is 12.7 Å². The van der Waals surface area contributed by atoms with Crippen molar-refractivity contribution in [2.75, 3.05) is 13.7 Å². The number of unbranched alkanes of at least 4 members (excludes halogenated alkanes) is 2. The summed E-state index contributed by atoms with van der Waals surface area (Å²) >= 11 is 0. The van der Waals surface area contributed by atoms with Crippen molar-refractivity contribution < 1.29 is 9.16 Å². The minimum atomic E-state index is -0.141. The lowest BCUT2D eigenvalue weighted by molar-refractivity contribution is 0.388. The van der Waals surface area contributed by atoms with E-state index in [1.807, 2.05) is 7.11 Å². The summed E-state index contributed by atoms with van der Waals surface area (Å²) in [6, 6.07) is 1.35. The molecule has 1 aliphatic rings. The molecule has 0 saturated carbocycles. The van der Waals surface area contributed by atoms with Gasteiger partial charge in [-0.2, -0.15) is 0 Å². The van der Waals surface area contributed by atoms with Gasteiger partial charge in [-0.25, -0.2) is 0 Å². The molecule has 1 saturated heterocycles. The van der Waals surface area contributed by atoms with E-state index < -0.39 is 0 Å². The van der Waals surface area contributed by atoms with Gasteiger partial charge >= 0.3 is 0 Å². The Hall–Kier alpha value is 0.137. The van der Waals surface area contributed by atoms with Crippen LogP contribution in [0.25, 0.3) is 0 Å². The molecule has 1 atom stereocenters. The minimum absolute atomic E-state index is 0.141. The molecule has 0 aromatic heterocycles. The molecule has 11 heavy (non-hydrogen) atoms. The molecular weight excluding hydrogens is 156 g/mol. The summed E-state index contributed by atoms with van der Waals surface area (Å²) in [6.45, 7) is 1.02. The number of rotatable bonds is 7. The van der Waals surface area contributed by atoms with Crippen molar-refractivity contribution in [3.05, 3.63) is 0 Å². The lowest BCUT2D eigenvalue weighted by Crippen LogP contribution is -1.92. The van der Waals surface area contributed by atoms with Crippen LogP contribution in [0.3, 0.4) is 0 Å². The van der Waals surface area contributed by atoms with Crippen molar-refractivity contribution in [1.29, 1.82) is 0 Å². The molecule has 1 unspecified atom stereocenters. The molecule has 1 heterocycles. The molecule has 0 radical (unpaired) electrons. The fourth-order valence-corrected chi connectivity index (χ4v) is 2.05. The lowest BCUT2D eigenvalue weighted by Gasteiger charge is -1.97. The second-order valence-electron chi connectivity index (χ2n) is 3.15. The molecule has 0 amide bonds. The standard InChI is InChI=1S/C8H18O2Si/c1-9-11-6-4-2-3-5-8-7-10-8/h8H,2-7,11H2,1H3. The molecule has 0 N–H and O–H groups in total. The maximum Gasteiger partial charge on any atom is 0.161 e. The van der Waals surface area contributed by atoms with Crippen LogP contribution in [0, 0.1) is 0 Å². The van der Waals surface area contributed by atoms with Gasteiger partial charge in [-0.3, -0.25) is 0 Å². The Morgan fingerprint density at radius 3 is 2.91 bits per heavy atom. The first-order valence-corrected chi connectivity index (χ1v) is 6.12. The summed E-state index contributed by atoms with van der Waals surface area (Å²) in [5.74, 6) is 0. The number of hydrogen-bond donors (Lipinski definition) is 0. The zero-order chi connectivity index (χ0) is 7.94. The Morgan fingerprint density at radius 1 is 1.45 bits per heavy atom. The van der Waals surface area contributed by atoms with E-state index in [-0.39, 0.29) is 9.76 Å². The summed E-state index contributed by atoms with van der Waals surface area (Å²) in [5.41, 5.74) is 0. The smallest absolute Gasteiger partial charge is 0.161 e. The third kappa shape index (κ3) is 5.41. The molecular formula is C8H18O2Si. The van der Waals surface area contributed by atoms with E-state index in [1.165, 1.54) is 31.7 Å². The average molecular weight is 174 g/mol. The van der Waals surface area contributed by atoms with Gasteiger partial charge in [0.25, 0.3) is 0 Å². The molecule has 0 aliphatic carbocycles. The summed E-state index contributed by atoms with van der Waals surface area (Å²) in [5, 5.41) is 0. The fourth-order valence-electron chi connectivity index (χ4n) is 1.21. The van der Waals surface area contributed by atoms with Crippen LogP contribution >= 0.6 is 0 Å². The summed E-state index contributed by atoms with van der Waals surface area (Å²) in [7, 11) is 1.68. The fraction of sp³-hybridized carbons (Fsp3) is 1.00. The number of epoxide rings is 1. The highest BCUT2D eigenvalue weighted by Crippen LogP contribution is 2.17. The van der Waals surface area contributed by atoms with Crippen LogP contribution in [-0.4, -0.2) is 29.6 Å². The molecule has 0 aromatic carbocycles. The predicted octanol–water partition coefficient (Wildman–Crippen LogP) is 1.09. The molecule has 0 bridgehead atoms. The molecule has 3 heteroatoms. The minimum Gasteiger partial charge on any atom is -0.427 e. The third-order valence-electron chi connectivity index (χ3n) is 2.03. The maximum absolute atomic E-state index is 5.12. The van der Waals surface area contributed by atoms with Gasteiger partial charge in [0.1, 0.15) is 0 Å². The highest BCUT2D eigenvalue weighted by Gasteiger charge is 2.20. The van der Waals surface area contributed by atoms with Crippen molar-refractivity contribution >= 4 is 9.76 Å². The summed E-state index contributed by atoms with van der Waals surface area (Å²) in [6.07, 6.45) is 6.01. The maximum atomic E-state index is 5.12. The number of hydrogen-bond acceptors (Lipinski definition) is 2. The van der Waals surface area contributed by atoms with Crippen LogP contribution in [-0.2, 0) is 9.16 Å². The molecule has 0 spiro atoms. The second kappa shape index (κ2) is 5.74. The molecule has 1 aliphatic heterocycles. The second-order valence-corrected chi connectivity index (χ2v) is 4.84. The van der Waals surface area contributed by atoms with Crippen LogP contribution in [0.4, 0.5) is 0 Å². The predicted molar refractivity (Wildman–Crippen MR) is 48.6 cm³/mol. The van der Waals surface area contributed by atoms with E-state index >= 15 is 0 Å². The van der Waals surface area contributed by atoms with Gasteiger partial charge < -0.3 is 9.16 Å². The Bertz CT molecular complexity index is 94.1. The number of ether oxygens (including phenoxy) is 1. The van der Waals surface area contributed by atoms with Crippen LogP contribution < -0.4 is 0 Å². The molecule has 1 fully saturated rings. The third-order valence-corrected chi connectivity index (χ3v) is 3.22. The normalized spacial score (nSPS) is 23.2. The van der Waals surface area contributed by atoms with Gasteiger partial charge in [0, 0.05) is 7.11 Å². The topological polar surface area (TPSA) is 21.8 Å². The Kier molecular flexibility index (Phi) is 4.82. The lowest BCUT2D eigenvalue weighted by atomic mass is 10.2. The van der Waals surface area contributed by atoms with Gasteiger partial charge in [-0.05, 0) is 12.5 Å². The largest absolute Gasteiger partial charge is 0.427 e. The highest BCUT2D eigenvalue weighted by molar-refractivity contribution is 6.26. The molecule has 0 aromatic rings. The van der Waals surface area contributed by atoms with Crippen molar-refractivity contribution in [1.82, 2.24) is 0 Å². The van der Waals surface area contributed by atoms with Crippen molar-refractivity contribution in [2.45, 2.75) is 37.8 Å².